The third-order valence-corrected chi connectivity index (χ3v) is 4.84. The van der Waals surface area contributed by atoms with Gasteiger partial charge in [-0.3, -0.25) is 0 Å². The fraction of sp³-hybridized carbons (Fsp3) is 0.333. The van der Waals surface area contributed by atoms with Gasteiger partial charge in [0.15, 0.2) is 0 Å². The van der Waals surface area contributed by atoms with E-state index in [9.17, 15) is 4.79 Å². The van der Waals surface area contributed by atoms with E-state index < -0.39 is 0 Å². The Morgan fingerprint density at radius 3 is 2.86 bits per heavy atom. The zero-order chi connectivity index (χ0) is 19.3. The zero-order valence-corrected chi connectivity index (χ0v) is 15.9. The average Bonchev–Trinajstić information content (AvgIpc) is 3.18. The van der Waals surface area contributed by atoms with Gasteiger partial charge in [0, 0.05) is 36.8 Å². The van der Waals surface area contributed by atoms with Gasteiger partial charge in [-0.05, 0) is 25.1 Å². The molecule has 2 amide bonds. The molecule has 1 aliphatic heterocycles. The first-order valence-electron chi connectivity index (χ1n) is 9.50. The van der Waals surface area contributed by atoms with Crippen LogP contribution in [0.5, 0.6) is 0 Å². The summed E-state index contributed by atoms with van der Waals surface area (Å²) >= 11 is 0. The van der Waals surface area contributed by atoms with Gasteiger partial charge in [0.25, 0.3) is 0 Å². The highest BCUT2D eigenvalue weighted by Crippen LogP contribution is 2.23. The van der Waals surface area contributed by atoms with Gasteiger partial charge in [0.05, 0.1) is 19.3 Å². The second-order valence-corrected chi connectivity index (χ2v) is 6.82. The van der Waals surface area contributed by atoms with E-state index in [1.807, 2.05) is 49.4 Å². The molecule has 0 bridgehead atoms. The van der Waals surface area contributed by atoms with E-state index >= 15 is 0 Å². The number of furan rings is 1. The minimum absolute atomic E-state index is 0.236. The number of ether oxygens (including phenoxy) is 1. The number of amides is 2. The number of hydrogen-bond donors (Lipinski definition) is 2. The van der Waals surface area contributed by atoms with Crippen LogP contribution in [0.15, 0.2) is 53.1 Å². The van der Waals surface area contributed by atoms with Crippen LogP contribution < -0.4 is 15.5 Å². The molecular formula is C21H24N4O3. The Bertz CT molecular complexity index is 916. The monoisotopic (exact) mass is 380 g/mol. The summed E-state index contributed by atoms with van der Waals surface area (Å²) in [5.74, 6) is 1.63. The van der Waals surface area contributed by atoms with Gasteiger partial charge >= 0.3 is 6.03 Å². The van der Waals surface area contributed by atoms with Gasteiger partial charge in [-0.2, -0.15) is 0 Å². The lowest BCUT2D eigenvalue weighted by Gasteiger charge is -2.29. The molecule has 4 rings (SSSR count). The van der Waals surface area contributed by atoms with Crippen molar-refractivity contribution < 1.29 is 13.9 Å². The molecule has 0 radical (unpaired) electrons. The quantitative estimate of drug-likeness (QED) is 0.710. The van der Waals surface area contributed by atoms with Crippen LogP contribution in [0, 0.1) is 0 Å². The molecule has 0 saturated carbocycles. The zero-order valence-electron chi connectivity index (χ0n) is 15.9. The molecule has 2 aromatic heterocycles. The number of urea groups is 1. The molecule has 0 aliphatic carbocycles. The summed E-state index contributed by atoms with van der Waals surface area (Å²) in [4.78, 5) is 19.1. The van der Waals surface area contributed by atoms with Crippen LogP contribution in [0.2, 0.25) is 0 Å². The molecule has 1 atom stereocenters. The van der Waals surface area contributed by atoms with E-state index in [1.165, 1.54) is 0 Å². The van der Waals surface area contributed by atoms with Crippen molar-refractivity contribution in [3.05, 3.63) is 60.0 Å². The summed E-state index contributed by atoms with van der Waals surface area (Å²) in [6.07, 6.45) is 1.78. The molecule has 1 fully saturated rings. The highest BCUT2D eigenvalue weighted by Gasteiger charge is 2.17. The maximum atomic E-state index is 12.4. The first kappa shape index (κ1) is 18.3. The fourth-order valence-corrected chi connectivity index (χ4v) is 3.34. The summed E-state index contributed by atoms with van der Waals surface area (Å²) in [5.41, 5.74) is 1.80. The number of benzene rings is 1. The standard InChI is InChI=1S/C21H24N4O3/c1-15(19-13-16-5-2-3-7-18(16)28-19)24-21(26)23-14-17-6-4-8-22-20(17)25-9-11-27-12-10-25/h2-8,13,15H,9-12,14H2,1H3,(H2,23,24,26)/t15-/m1/s1. The highest BCUT2D eigenvalue weighted by molar-refractivity contribution is 5.78. The molecule has 1 aliphatic rings. The van der Waals surface area contributed by atoms with Gasteiger partial charge in [0.2, 0.25) is 0 Å². The summed E-state index contributed by atoms with van der Waals surface area (Å²) in [7, 11) is 0. The second kappa shape index (κ2) is 8.31. The van der Waals surface area contributed by atoms with Crippen molar-refractivity contribution in [1.29, 1.82) is 0 Å². The third kappa shape index (κ3) is 4.09. The predicted octanol–water partition coefficient (Wildman–Crippen LogP) is 3.22. The largest absolute Gasteiger partial charge is 0.459 e. The normalized spacial score (nSPS) is 15.4. The number of anilines is 1. The number of para-hydroxylation sites is 1. The number of pyridine rings is 1. The number of hydrogen-bond acceptors (Lipinski definition) is 5. The minimum atomic E-state index is -0.246. The molecule has 0 spiro atoms. The van der Waals surface area contributed by atoms with Gasteiger partial charge < -0.3 is 24.7 Å². The van der Waals surface area contributed by atoms with Crippen LogP contribution in [0.1, 0.15) is 24.3 Å². The number of nitrogens with one attached hydrogen (secondary N) is 2. The number of carbonyl (C=O) groups is 1. The van der Waals surface area contributed by atoms with Crippen LogP contribution in [-0.2, 0) is 11.3 Å². The Kier molecular flexibility index (Phi) is 5.43. The van der Waals surface area contributed by atoms with Crippen molar-refractivity contribution in [1.82, 2.24) is 15.6 Å². The fourth-order valence-electron chi connectivity index (χ4n) is 3.34. The topological polar surface area (TPSA) is 79.6 Å². The number of fused-ring (bicyclic) bond motifs is 1. The molecule has 3 heterocycles. The summed E-state index contributed by atoms with van der Waals surface area (Å²) in [6.45, 7) is 5.30. The lowest BCUT2D eigenvalue weighted by Crippen LogP contribution is -2.39. The summed E-state index contributed by atoms with van der Waals surface area (Å²) in [6, 6.07) is 13.2. The number of aromatic nitrogens is 1. The molecule has 1 aromatic carbocycles. The Morgan fingerprint density at radius 1 is 1.21 bits per heavy atom. The second-order valence-electron chi connectivity index (χ2n) is 6.82. The summed E-state index contributed by atoms with van der Waals surface area (Å²) in [5, 5.41) is 6.88. The number of morpholine rings is 1. The van der Waals surface area contributed by atoms with Crippen LogP contribution in [-0.4, -0.2) is 37.3 Å². The van der Waals surface area contributed by atoms with Crippen molar-refractivity contribution in [2.75, 3.05) is 31.2 Å². The first-order valence-corrected chi connectivity index (χ1v) is 9.50. The Labute approximate surface area is 163 Å². The molecule has 1 saturated heterocycles. The molecule has 3 aromatic rings. The Hall–Kier alpha value is -3.06. The van der Waals surface area contributed by atoms with Crippen LogP contribution in [0.3, 0.4) is 0 Å². The molecule has 28 heavy (non-hydrogen) atoms. The van der Waals surface area contributed by atoms with Crippen LogP contribution >= 0.6 is 0 Å². The van der Waals surface area contributed by atoms with E-state index in [1.54, 1.807) is 6.20 Å². The molecule has 0 unspecified atom stereocenters. The van der Waals surface area contributed by atoms with Crippen molar-refractivity contribution in [2.24, 2.45) is 0 Å². The van der Waals surface area contributed by atoms with E-state index in [0.717, 1.165) is 41.2 Å². The maximum absolute atomic E-state index is 12.4. The van der Waals surface area contributed by atoms with Crippen LogP contribution in [0.25, 0.3) is 11.0 Å². The smallest absolute Gasteiger partial charge is 0.315 e. The number of carbonyl (C=O) groups excluding carboxylic acids is 1. The Balaban J connectivity index is 1.36. The molecular weight excluding hydrogens is 356 g/mol. The highest BCUT2D eigenvalue weighted by atomic mass is 16.5. The van der Waals surface area contributed by atoms with Gasteiger partial charge in [-0.25, -0.2) is 9.78 Å². The van der Waals surface area contributed by atoms with E-state index in [2.05, 4.69) is 20.5 Å². The maximum Gasteiger partial charge on any atom is 0.315 e. The SMILES string of the molecule is C[C@@H](NC(=O)NCc1cccnc1N1CCOCC1)c1cc2ccccc2o1. The Morgan fingerprint density at radius 2 is 2.04 bits per heavy atom. The third-order valence-electron chi connectivity index (χ3n) is 4.84. The lowest BCUT2D eigenvalue weighted by atomic mass is 10.2. The number of nitrogens with zero attached hydrogens (tertiary/aromatic N) is 2. The molecule has 2 N–H and O–H groups in total. The van der Waals surface area contributed by atoms with E-state index in [0.29, 0.717) is 19.8 Å². The van der Waals surface area contributed by atoms with Crippen LogP contribution in [0.4, 0.5) is 10.6 Å². The first-order chi connectivity index (χ1) is 13.7. The van der Waals surface area contributed by atoms with Gasteiger partial charge in [0.1, 0.15) is 17.2 Å². The minimum Gasteiger partial charge on any atom is -0.459 e. The van der Waals surface area contributed by atoms with Gasteiger partial charge in [-0.15, -0.1) is 0 Å². The van der Waals surface area contributed by atoms with Crippen molar-refractivity contribution in [3.8, 4) is 0 Å². The molecule has 7 nitrogen and oxygen atoms in total. The number of rotatable bonds is 5. The average molecular weight is 380 g/mol. The lowest BCUT2D eigenvalue weighted by molar-refractivity contribution is 0.122. The van der Waals surface area contributed by atoms with Crippen molar-refractivity contribution >= 4 is 22.8 Å². The van der Waals surface area contributed by atoms with Crippen molar-refractivity contribution in [2.45, 2.75) is 19.5 Å². The summed E-state index contributed by atoms with van der Waals surface area (Å²) < 4.78 is 11.2. The van der Waals surface area contributed by atoms with Crippen molar-refractivity contribution in [3.63, 3.8) is 0 Å². The van der Waals surface area contributed by atoms with E-state index in [-0.39, 0.29) is 12.1 Å². The predicted molar refractivity (Wildman–Crippen MR) is 107 cm³/mol. The van der Waals surface area contributed by atoms with Gasteiger partial charge in [-0.1, -0.05) is 24.3 Å². The van der Waals surface area contributed by atoms with E-state index in [4.69, 9.17) is 9.15 Å². The molecule has 7 heteroatoms. The molecule has 146 valence electrons.